The first-order valence-electron chi connectivity index (χ1n) is 6.50. The maximum Gasteiger partial charge on any atom is 0.160 e. The Bertz CT molecular complexity index is 551. The number of piperidine rings is 1. The molecule has 96 valence electrons. The summed E-state index contributed by atoms with van der Waals surface area (Å²) in [5.74, 6) is 1.60. The highest BCUT2D eigenvalue weighted by atomic mass is 79.9. The summed E-state index contributed by atoms with van der Waals surface area (Å²) in [5.41, 5.74) is 0.932. The molecule has 0 spiro atoms. The van der Waals surface area contributed by atoms with Gasteiger partial charge in [-0.05, 0) is 54.0 Å². The molecule has 0 aromatic carbocycles. The van der Waals surface area contributed by atoms with Crippen LogP contribution in [-0.4, -0.2) is 39.1 Å². The maximum absolute atomic E-state index is 4.39. The van der Waals surface area contributed by atoms with Crippen LogP contribution >= 0.6 is 15.9 Å². The first-order chi connectivity index (χ1) is 8.78. The molecule has 3 heterocycles. The van der Waals surface area contributed by atoms with E-state index < -0.39 is 0 Å². The van der Waals surface area contributed by atoms with E-state index in [0.29, 0.717) is 5.92 Å². The lowest BCUT2D eigenvalue weighted by atomic mass is 9.97. The van der Waals surface area contributed by atoms with Crippen LogP contribution in [0, 0.1) is 0 Å². The number of pyridine rings is 1. The van der Waals surface area contributed by atoms with Gasteiger partial charge >= 0.3 is 0 Å². The summed E-state index contributed by atoms with van der Waals surface area (Å²) in [6, 6.07) is 4.01. The van der Waals surface area contributed by atoms with Gasteiger partial charge in [-0.1, -0.05) is 6.92 Å². The van der Waals surface area contributed by atoms with Gasteiger partial charge < -0.3 is 4.90 Å². The lowest BCUT2D eigenvalue weighted by Crippen LogP contribution is -2.34. The molecule has 0 saturated carbocycles. The van der Waals surface area contributed by atoms with Gasteiger partial charge in [-0.3, -0.25) is 4.40 Å². The lowest BCUT2D eigenvalue weighted by Gasteiger charge is -2.30. The Balaban J connectivity index is 1.96. The summed E-state index contributed by atoms with van der Waals surface area (Å²) in [7, 11) is 0. The first kappa shape index (κ1) is 12.1. The number of rotatable bonds is 2. The van der Waals surface area contributed by atoms with Crippen molar-refractivity contribution in [1.29, 1.82) is 0 Å². The predicted octanol–water partition coefficient (Wildman–Crippen LogP) is 2.69. The van der Waals surface area contributed by atoms with Crippen LogP contribution in [0.3, 0.4) is 0 Å². The van der Waals surface area contributed by atoms with Crippen molar-refractivity contribution in [3.63, 3.8) is 0 Å². The van der Waals surface area contributed by atoms with Gasteiger partial charge in [-0.2, -0.15) is 0 Å². The van der Waals surface area contributed by atoms with E-state index in [1.54, 1.807) is 0 Å². The molecule has 1 aliphatic heterocycles. The quantitative estimate of drug-likeness (QED) is 0.855. The molecule has 0 amide bonds. The highest BCUT2D eigenvalue weighted by Gasteiger charge is 2.24. The third kappa shape index (κ3) is 2.17. The average molecular weight is 309 g/mol. The van der Waals surface area contributed by atoms with Gasteiger partial charge in [-0.15, -0.1) is 10.2 Å². The topological polar surface area (TPSA) is 33.4 Å². The van der Waals surface area contributed by atoms with Crippen molar-refractivity contribution in [1.82, 2.24) is 19.5 Å². The Hall–Kier alpha value is -0.940. The number of hydrogen-bond donors (Lipinski definition) is 0. The number of halogens is 1. The minimum Gasteiger partial charge on any atom is -0.303 e. The summed E-state index contributed by atoms with van der Waals surface area (Å²) in [6.07, 6.45) is 4.53. The van der Waals surface area contributed by atoms with Crippen LogP contribution in [0.4, 0.5) is 0 Å². The van der Waals surface area contributed by atoms with E-state index in [-0.39, 0.29) is 0 Å². The van der Waals surface area contributed by atoms with E-state index in [9.17, 15) is 0 Å². The summed E-state index contributed by atoms with van der Waals surface area (Å²) < 4.78 is 3.19. The van der Waals surface area contributed by atoms with Crippen LogP contribution in [0.15, 0.2) is 22.8 Å². The number of nitrogens with zero attached hydrogens (tertiary/aromatic N) is 4. The highest BCUT2D eigenvalue weighted by Crippen LogP contribution is 2.26. The van der Waals surface area contributed by atoms with E-state index in [4.69, 9.17) is 0 Å². The third-order valence-corrected chi connectivity index (χ3v) is 4.18. The van der Waals surface area contributed by atoms with Crippen molar-refractivity contribution >= 4 is 21.6 Å². The molecule has 1 aliphatic rings. The molecule has 0 N–H and O–H groups in total. The number of likely N-dealkylation sites (N-methyl/N-ethyl adjacent to an activating group) is 1. The van der Waals surface area contributed by atoms with Gasteiger partial charge in [0.05, 0.1) is 0 Å². The molecule has 0 aliphatic carbocycles. The monoisotopic (exact) mass is 308 g/mol. The van der Waals surface area contributed by atoms with E-state index >= 15 is 0 Å². The van der Waals surface area contributed by atoms with Gasteiger partial charge in [0.15, 0.2) is 5.65 Å². The molecule has 2 aromatic heterocycles. The van der Waals surface area contributed by atoms with Crippen molar-refractivity contribution in [3.05, 3.63) is 28.6 Å². The molecule has 5 heteroatoms. The van der Waals surface area contributed by atoms with E-state index in [0.717, 1.165) is 29.0 Å². The molecule has 0 bridgehead atoms. The fraction of sp³-hybridized carbons (Fsp3) is 0.538. The van der Waals surface area contributed by atoms with Crippen molar-refractivity contribution in [2.24, 2.45) is 0 Å². The fourth-order valence-electron chi connectivity index (χ4n) is 2.71. The van der Waals surface area contributed by atoms with Crippen molar-refractivity contribution in [2.75, 3.05) is 19.6 Å². The second-order valence-electron chi connectivity index (χ2n) is 4.87. The Morgan fingerprint density at radius 2 is 2.28 bits per heavy atom. The zero-order chi connectivity index (χ0) is 12.5. The molecule has 1 atom stereocenters. The maximum atomic E-state index is 4.39. The third-order valence-electron chi connectivity index (χ3n) is 3.71. The molecule has 3 rings (SSSR count). The second-order valence-corrected chi connectivity index (χ2v) is 5.78. The number of hydrogen-bond acceptors (Lipinski definition) is 3. The molecule has 4 nitrogen and oxygen atoms in total. The first-order valence-corrected chi connectivity index (χ1v) is 7.29. The van der Waals surface area contributed by atoms with E-state index in [2.05, 4.69) is 48.5 Å². The highest BCUT2D eigenvalue weighted by molar-refractivity contribution is 9.10. The average Bonchev–Trinajstić information content (AvgIpc) is 2.81. The predicted molar refractivity (Wildman–Crippen MR) is 74.8 cm³/mol. The van der Waals surface area contributed by atoms with E-state index in [1.165, 1.54) is 19.4 Å². The minimum absolute atomic E-state index is 0.503. The summed E-state index contributed by atoms with van der Waals surface area (Å²) in [5, 5.41) is 8.65. The van der Waals surface area contributed by atoms with Gasteiger partial charge in [0.1, 0.15) is 5.82 Å². The van der Waals surface area contributed by atoms with Crippen LogP contribution < -0.4 is 0 Å². The number of aromatic nitrogens is 3. The van der Waals surface area contributed by atoms with Crippen LogP contribution in [-0.2, 0) is 0 Å². The molecule has 1 fully saturated rings. The normalized spacial score (nSPS) is 21.6. The van der Waals surface area contributed by atoms with Gasteiger partial charge in [0.2, 0.25) is 0 Å². The lowest BCUT2D eigenvalue weighted by molar-refractivity contribution is 0.213. The van der Waals surface area contributed by atoms with Crippen LogP contribution in [0.5, 0.6) is 0 Å². The summed E-state index contributed by atoms with van der Waals surface area (Å²) >= 11 is 3.51. The number of likely N-dealkylation sites (tertiary alicyclic amines) is 1. The molecule has 0 radical (unpaired) electrons. The Morgan fingerprint density at radius 3 is 3.11 bits per heavy atom. The largest absolute Gasteiger partial charge is 0.303 e. The summed E-state index contributed by atoms with van der Waals surface area (Å²) in [4.78, 5) is 2.49. The van der Waals surface area contributed by atoms with Gasteiger partial charge in [-0.25, -0.2) is 0 Å². The van der Waals surface area contributed by atoms with Crippen molar-refractivity contribution in [2.45, 2.75) is 25.7 Å². The van der Waals surface area contributed by atoms with Gasteiger partial charge in [0.25, 0.3) is 0 Å². The Morgan fingerprint density at radius 1 is 1.39 bits per heavy atom. The molecule has 2 aromatic rings. The van der Waals surface area contributed by atoms with Crippen LogP contribution in [0.2, 0.25) is 0 Å². The fourth-order valence-corrected chi connectivity index (χ4v) is 3.05. The van der Waals surface area contributed by atoms with Crippen LogP contribution in [0.1, 0.15) is 31.5 Å². The molecule has 1 unspecified atom stereocenters. The van der Waals surface area contributed by atoms with Crippen molar-refractivity contribution in [3.8, 4) is 0 Å². The summed E-state index contributed by atoms with van der Waals surface area (Å²) in [6.45, 7) is 5.66. The SMILES string of the molecule is CCN1CCCC(c2nnc3ccc(Br)cn23)C1. The molecule has 1 saturated heterocycles. The Labute approximate surface area is 115 Å². The zero-order valence-electron chi connectivity index (χ0n) is 10.5. The van der Waals surface area contributed by atoms with Crippen LogP contribution in [0.25, 0.3) is 5.65 Å². The molecular weight excluding hydrogens is 292 g/mol. The standard InChI is InChI=1S/C13H17BrN4/c1-2-17-7-3-4-10(8-17)13-16-15-12-6-5-11(14)9-18(12)13/h5-6,9-10H,2-4,7-8H2,1H3. The van der Waals surface area contributed by atoms with Crippen molar-refractivity contribution < 1.29 is 0 Å². The Kier molecular flexibility index (Phi) is 3.35. The minimum atomic E-state index is 0.503. The number of fused-ring (bicyclic) bond motifs is 1. The van der Waals surface area contributed by atoms with Gasteiger partial charge in [0, 0.05) is 23.1 Å². The van der Waals surface area contributed by atoms with E-state index in [1.807, 2.05) is 12.1 Å². The smallest absolute Gasteiger partial charge is 0.160 e. The molecule has 18 heavy (non-hydrogen) atoms. The zero-order valence-corrected chi connectivity index (χ0v) is 12.1. The second kappa shape index (κ2) is 4.97. The molecular formula is C13H17BrN4.